The van der Waals surface area contributed by atoms with Gasteiger partial charge in [-0.05, 0) is 78.4 Å². The third kappa shape index (κ3) is 5.26. The zero-order valence-corrected chi connectivity index (χ0v) is 18.8. The molecule has 0 aliphatic rings. The molecule has 7 heteroatoms. The van der Waals surface area contributed by atoms with Crippen LogP contribution < -0.4 is 16.0 Å². The van der Waals surface area contributed by atoms with Crippen LogP contribution >= 0.6 is 0 Å². The maximum absolute atomic E-state index is 12.8. The molecule has 0 radical (unpaired) electrons. The molecule has 0 atom stereocenters. The first-order valence-corrected chi connectivity index (χ1v) is 11.1. The number of rotatable bonds is 7. The van der Waals surface area contributed by atoms with Crippen molar-refractivity contribution in [1.29, 1.82) is 0 Å². The predicted octanol–water partition coefficient (Wildman–Crippen LogP) is 5.86. The highest BCUT2D eigenvalue weighted by Gasteiger charge is 2.08. The molecule has 0 unspecified atom stereocenters. The number of aliphatic hydroxyl groups excluding tert-OH is 1. The average Bonchev–Trinajstić information content (AvgIpc) is 2.90. The Morgan fingerprint density at radius 1 is 0.743 bits per heavy atom. The maximum Gasteiger partial charge on any atom is 0.255 e. The van der Waals surface area contributed by atoms with Crippen LogP contribution in [0.1, 0.15) is 15.9 Å². The molecular weight excluding hydrogens is 438 g/mol. The minimum Gasteiger partial charge on any atom is -0.392 e. The van der Waals surface area contributed by atoms with Gasteiger partial charge in [-0.3, -0.25) is 14.8 Å². The molecule has 172 valence electrons. The summed E-state index contributed by atoms with van der Waals surface area (Å²) in [4.78, 5) is 21.2. The molecule has 1 amide bonds. The zero-order valence-electron chi connectivity index (χ0n) is 18.8. The van der Waals surface area contributed by atoms with Crippen LogP contribution in [0.15, 0.2) is 104 Å². The van der Waals surface area contributed by atoms with Gasteiger partial charge in [-0.15, -0.1) is 0 Å². The van der Waals surface area contributed by atoms with Crippen molar-refractivity contribution >= 4 is 45.2 Å². The van der Waals surface area contributed by atoms with E-state index in [0.717, 1.165) is 39.2 Å². The Bertz CT molecular complexity index is 1470. The molecule has 5 rings (SSSR count). The minimum absolute atomic E-state index is 0.0352. The van der Waals surface area contributed by atoms with Crippen molar-refractivity contribution in [1.82, 2.24) is 9.97 Å². The van der Waals surface area contributed by atoms with Gasteiger partial charge in [0.25, 0.3) is 5.91 Å². The molecule has 2 heterocycles. The summed E-state index contributed by atoms with van der Waals surface area (Å²) >= 11 is 0. The fourth-order valence-corrected chi connectivity index (χ4v) is 3.74. The van der Waals surface area contributed by atoms with Crippen molar-refractivity contribution in [2.24, 2.45) is 0 Å². The highest BCUT2D eigenvalue weighted by Crippen LogP contribution is 2.27. The fourth-order valence-electron chi connectivity index (χ4n) is 3.74. The normalized spacial score (nSPS) is 10.7. The number of pyridine rings is 2. The summed E-state index contributed by atoms with van der Waals surface area (Å²) in [6, 6.07) is 26.1. The van der Waals surface area contributed by atoms with Crippen molar-refractivity contribution in [3.63, 3.8) is 0 Å². The fraction of sp³-hybridized carbons (Fsp3) is 0.0357. The number of anilines is 5. The largest absolute Gasteiger partial charge is 0.392 e. The first-order chi connectivity index (χ1) is 17.2. The Labute approximate surface area is 202 Å². The number of hydrogen-bond acceptors (Lipinski definition) is 6. The molecule has 0 bridgehead atoms. The Balaban J connectivity index is 1.29. The smallest absolute Gasteiger partial charge is 0.255 e. The lowest BCUT2D eigenvalue weighted by Gasteiger charge is -2.12. The summed E-state index contributed by atoms with van der Waals surface area (Å²) in [6.07, 6.45) is 5.18. The SMILES string of the molecule is O=C(Nc1cccc(Nc2ccnc3ccc(CO)cc23)c1)c1ccc(Nc2ccncc2)cc1. The van der Waals surface area contributed by atoms with Crippen LogP contribution in [0, 0.1) is 0 Å². The number of nitrogens with zero attached hydrogens (tertiary/aromatic N) is 2. The molecule has 0 aliphatic carbocycles. The van der Waals surface area contributed by atoms with Gasteiger partial charge in [-0.2, -0.15) is 0 Å². The van der Waals surface area contributed by atoms with E-state index in [1.165, 1.54) is 0 Å². The molecule has 7 nitrogen and oxygen atoms in total. The van der Waals surface area contributed by atoms with Crippen LogP contribution in [-0.4, -0.2) is 21.0 Å². The van der Waals surface area contributed by atoms with Gasteiger partial charge >= 0.3 is 0 Å². The topological polar surface area (TPSA) is 99.2 Å². The first-order valence-electron chi connectivity index (χ1n) is 11.1. The Kier molecular flexibility index (Phi) is 6.32. The average molecular weight is 462 g/mol. The van der Waals surface area contributed by atoms with Crippen LogP contribution in [0.3, 0.4) is 0 Å². The van der Waals surface area contributed by atoms with E-state index in [1.807, 2.05) is 72.8 Å². The van der Waals surface area contributed by atoms with E-state index in [-0.39, 0.29) is 12.5 Å². The molecule has 2 aromatic heterocycles. The van der Waals surface area contributed by atoms with Gasteiger partial charge in [0, 0.05) is 58.0 Å². The van der Waals surface area contributed by atoms with Crippen molar-refractivity contribution in [2.45, 2.75) is 6.61 Å². The standard InChI is InChI=1S/C28H23N5O2/c34-18-19-4-9-26-25(16-19)27(12-15-30-26)32-23-2-1-3-24(17-23)33-28(35)20-5-7-21(8-6-20)31-22-10-13-29-14-11-22/h1-17,34H,18H2,(H,29,31)(H,30,32)(H,33,35). The number of carbonyl (C=O) groups excluding carboxylic acids is 1. The van der Waals surface area contributed by atoms with Gasteiger partial charge in [0.1, 0.15) is 0 Å². The van der Waals surface area contributed by atoms with E-state index >= 15 is 0 Å². The molecular formula is C28H23N5O2. The lowest BCUT2D eigenvalue weighted by molar-refractivity contribution is 0.102. The number of hydrogen-bond donors (Lipinski definition) is 4. The van der Waals surface area contributed by atoms with Crippen LogP contribution in [-0.2, 0) is 6.61 Å². The summed E-state index contributed by atoms with van der Waals surface area (Å²) < 4.78 is 0. The molecule has 3 aromatic carbocycles. The van der Waals surface area contributed by atoms with Gasteiger partial charge in [-0.25, -0.2) is 0 Å². The number of aromatic nitrogens is 2. The Hall–Kier alpha value is -4.75. The number of amides is 1. The van der Waals surface area contributed by atoms with Crippen molar-refractivity contribution in [3.8, 4) is 0 Å². The van der Waals surface area contributed by atoms with E-state index in [1.54, 1.807) is 30.7 Å². The number of benzene rings is 3. The summed E-state index contributed by atoms with van der Waals surface area (Å²) in [5.41, 5.74) is 6.38. The van der Waals surface area contributed by atoms with Crippen molar-refractivity contribution in [2.75, 3.05) is 16.0 Å². The summed E-state index contributed by atoms with van der Waals surface area (Å²) in [6.45, 7) is -0.0352. The molecule has 0 aliphatic heterocycles. The zero-order chi connectivity index (χ0) is 24.0. The maximum atomic E-state index is 12.8. The summed E-state index contributed by atoms with van der Waals surface area (Å²) in [5.74, 6) is -0.195. The molecule has 5 aromatic rings. The second kappa shape index (κ2) is 10.0. The van der Waals surface area contributed by atoms with Crippen LogP contribution in [0.25, 0.3) is 10.9 Å². The quantitative estimate of drug-likeness (QED) is 0.242. The second-order valence-corrected chi connectivity index (χ2v) is 7.97. The number of fused-ring (bicyclic) bond motifs is 1. The third-order valence-electron chi connectivity index (χ3n) is 5.50. The van der Waals surface area contributed by atoms with E-state index in [2.05, 4.69) is 25.9 Å². The lowest BCUT2D eigenvalue weighted by atomic mass is 10.1. The Morgan fingerprint density at radius 3 is 2.31 bits per heavy atom. The van der Waals surface area contributed by atoms with E-state index in [9.17, 15) is 9.90 Å². The molecule has 0 saturated carbocycles. The highest BCUT2D eigenvalue weighted by molar-refractivity contribution is 6.04. The summed E-state index contributed by atoms with van der Waals surface area (Å²) in [7, 11) is 0. The monoisotopic (exact) mass is 461 g/mol. The molecule has 0 saturated heterocycles. The number of carbonyl (C=O) groups is 1. The second-order valence-electron chi connectivity index (χ2n) is 7.97. The number of aliphatic hydroxyl groups is 1. The molecule has 0 fully saturated rings. The van der Waals surface area contributed by atoms with Gasteiger partial charge in [-0.1, -0.05) is 12.1 Å². The summed E-state index contributed by atoms with van der Waals surface area (Å²) in [5, 5.41) is 20.0. The minimum atomic E-state index is -0.195. The van der Waals surface area contributed by atoms with Crippen molar-refractivity contribution in [3.05, 3.63) is 115 Å². The van der Waals surface area contributed by atoms with Crippen LogP contribution in [0.4, 0.5) is 28.4 Å². The number of nitrogens with one attached hydrogen (secondary N) is 3. The highest BCUT2D eigenvalue weighted by atomic mass is 16.3. The molecule has 35 heavy (non-hydrogen) atoms. The Morgan fingerprint density at radius 2 is 1.51 bits per heavy atom. The predicted molar refractivity (Wildman–Crippen MR) is 139 cm³/mol. The van der Waals surface area contributed by atoms with Crippen molar-refractivity contribution < 1.29 is 9.90 Å². The van der Waals surface area contributed by atoms with E-state index < -0.39 is 0 Å². The molecule has 0 spiro atoms. The third-order valence-corrected chi connectivity index (χ3v) is 5.50. The van der Waals surface area contributed by atoms with Gasteiger partial charge in [0.2, 0.25) is 0 Å². The van der Waals surface area contributed by atoms with Gasteiger partial charge in [0.05, 0.1) is 12.1 Å². The van der Waals surface area contributed by atoms with E-state index in [4.69, 9.17) is 0 Å². The van der Waals surface area contributed by atoms with Crippen LogP contribution in [0.5, 0.6) is 0 Å². The van der Waals surface area contributed by atoms with Gasteiger partial charge < -0.3 is 21.1 Å². The van der Waals surface area contributed by atoms with Crippen LogP contribution in [0.2, 0.25) is 0 Å². The first kappa shape index (κ1) is 22.1. The lowest BCUT2D eigenvalue weighted by Crippen LogP contribution is -2.11. The molecule has 4 N–H and O–H groups in total. The van der Waals surface area contributed by atoms with E-state index in [0.29, 0.717) is 11.3 Å². The van der Waals surface area contributed by atoms with Gasteiger partial charge in [0.15, 0.2) is 0 Å².